The van der Waals surface area contributed by atoms with Crippen molar-refractivity contribution < 1.29 is 22.5 Å². The van der Waals surface area contributed by atoms with Crippen molar-refractivity contribution >= 4 is 15.7 Å². The highest BCUT2D eigenvalue weighted by Crippen LogP contribution is 2.29. The number of halogens is 1. The smallest absolute Gasteiger partial charge is 0.292 e. The summed E-state index contributed by atoms with van der Waals surface area (Å²) < 4.78 is 45.0. The van der Waals surface area contributed by atoms with E-state index in [0.29, 0.717) is 0 Å². The molecule has 0 amide bonds. The van der Waals surface area contributed by atoms with Gasteiger partial charge in [0, 0.05) is 25.7 Å². The first-order chi connectivity index (χ1) is 9.87. The van der Waals surface area contributed by atoms with Crippen molar-refractivity contribution in [2.45, 2.75) is 11.0 Å². The molecule has 0 spiro atoms. The monoisotopic (exact) mass is 319 g/mol. The van der Waals surface area contributed by atoms with Crippen LogP contribution in [0.2, 0.25) is 0 Å². The lowest BCUT2D eigenvalue weighted by Crippen LogP contribution is -2.48. The molecule has 1 atom stereocenters. The number of nitrogens with two attached hydrogens (primary N) is 1. The van der Waals surface area contributed by atoms with Crippen molar-refractivity contribution in [1.29, 1.82) is 0 Å². The minimum atomic E-state index is -4.33. The van der Waals surface area contributed by atoms with Gasteiger partial charge in [0.1, 0.15) is 5.82 Å². The number of benzene rings is 1. The summed E-state index contributed by atoms with van der Waals surface area (Å²) in [6.07, 6.45) is -0.514. The number of nitro benzene ring substituents is 1. The van der Waals surface area contributed by atoms with Crippen LogP contribution in [0.5, 0.6) is 0 Å². The summed E-state index contributed by atoms with van der Waals surface area (Å²) in [5, 5.41) is 10.9. The van der Waals surface area contributed by atoms with Crippen LogP contribution in [0, 0.1) is 15.9 Å². The third-order valence-corrected chi connectivity index (χ3v) is 5.04. The zero-order chi connectivity index (χ0) is 15.6. The molecule has 8 nitrogen and oxygen atoms in total. The Balaban J connectivity index is 2.47. The van der Waals surface area contributed by atoms with Gasteiger partial charge in [-0.15, -0.1) is 0 Å². The van der Waals surface area contributed by atoms with Gasteiger partial charge in [0.05, 0.1) is 17.6 Å². The first-order valence-corrected chi connectivity index (χ1v) is 7.56. The normalized spacial score (nSPS) is 20.4. The molecule has 1 saturated heterocycles. The minimum Gasteiger partial charge on any atom is -0.374 e. The largest absolute Gasteiger partial charge is 0.374 e. The summed E-state index contributed by atoms with van der Waals surface area (Å²) in [6.45, 7) is 0.128. The Morgan fingerprint density at radius 3 is 2.86 bits per heavy atom. The zero-order valence-electron chi connectivity index (χ0n) is 10.9. The Labute approximate surface area is 120 Å². The molecule has 0 radical (unpaired) electrons. The van der Waals surface area contributed by atoms with E-state index in [1.165, 1.54) is 0 Å². The van der Waals surface area contributed by atoms with Crippen LogP contribution >= 0.6 is 0 Å². The van der Waals surface area contributed by atoms with Gasteiger partial charge < -0.3 is 10.5 Å². The average molecular weight is 319 g/mol. The summed E-state index contributed by atoms with van der Waals surface area (Å²) >= 11 is 0. The van der Waals surface area contributed by atoms with Crippen molar-refractivity contribution in [3.8, 4) is 0 Å². The molecule has 2 N–H and O–H groups in total. The first-order valence-electron chi connectivity index (χ1n) is 6.12. The number of hydrogen-bond acceptors (Lipinski definition) is 6. The molecule has 1 aliphatic heterocycles. The number of morpholine rings is 1. The summed E-state index contributed by atoms with van der Waals surface area (Å²) in [5.74, 6) is -1.15. The lowest BCUT2D eigenvalue weighted by molar-refractivity contribution is -0.388. The van der Waals surface area contributed by atoms with Gasteiger partial charge in [-0.25, -0.2) is 12.8 Å². The second-order valence-corrected chi connectivity index (χ2v) is 6.31. The number of hydrogen-bond donors (Lipinski definition) is 1. The third kappa shape index (κ3) is 3.02. The van der Waals surface area contributed by atoms with Crippen LogP contribution in [0.1, 0.15) is 0 Å². The molecule has 0 bridgehead atoms. The number of rotatable bonds is 4. The van der Waals surface area contributed by atoms with Gasteiger partial charge >= 0.3 is 0 Å². The highest BCUT2D eigenvalue weighted by molar-refractivity contribution is 7.89. The van der Waals surface area contributed by atoms with Gasteiger partial charge in [0.15, 0.2) is 4.90 Å². The van der Waals surface area contributed by atoms with Gasteiger partial charge in [-0.2, -0.15) is 4.31 Å². The summed E-state index contributed by atoms with van der Waals surface area (Å²) in [7, 11) is -4.33. The maximum Gasteiger partial charge on any atom is 0.292 e. The molecule has 1 unspecified atom stereocenters. The second kappa shape index (κ2) is 6.02. The van der Waals surface area contributed by atoms with E-state index in [1.54, 1.807) is 0 Å². The van der Waals surface area contributed by atoms with Crippen LogP contribution in [-0.2, 0) is 14.8 Å². The molecule has 0 saturated carbocycles. The first kappa shape index (κ1) is 15.8. The van der Waals surface area contributed by atoms with E-state index in [4.69, 9.17) is 10.5 Å². The zero-order valence-corrected chi connectivity index (χ0v) is 11.8. The van der Waals surface area contributed by atoms with Gasteiger partial charge in [0.25, 0.3) is 15.7 Å². The molecule has 116 valence electrons. The fourth-order valence-electron chi connectivity index (χ4n) is 2.08. The SMILES string of the molecule is NCC1CN(S(=O)(=O)c2c(F)cccc2[N+](=O)[O-])CCO1. The second-order valence-electron chi connectivity index (χ2n) is 4.44. The fraction of sp³-hybridized carbons (Fsp3) is 0.455. The van der Waals surface area contributed by atoms with Gasteiger partial charge in [-0.05, 0) is 6.07 Å². The maximum absolute atomic E-state index is 13.9. The van der Waals surface area contributed by atoms with E-state index in [1.807, 2.05) is 0 Å². The lowest BCUT2D eigenvalue weighted by atomic mass is 10.3. The molecular weight excluding hydrogens is 305 g/mol. The van der Waals surface area contributed by atoms with Crippen molar-refractivity contribution in [3.05, 3.63) is 34.1 Å². The van der Waals surface area contributed by atoms with Crippen LogP contribution in [0.25, 0.3) is 0 Å². The minimum absolute atomic E-state index is 0.00960. The van der Waals surface area contributed by atoms with Crippen molar-refractivity contribution in [2.75, 3.05) is 26.2 Å². The maximum atomic E-state index is 13.9. The molecular formula is C11H14FN3O5S. The highest BCUT2D eigenvalue weighted by Gasteiger charge is 2.37. The topological polar surface area (TPSA) is 116 Å². The molecule has 1 aromatic rings. The van der Waals surface area contributed by atoms with Crippen molar-refractivity contribution in [2.24, 2.45) is 5.73 Å². The third-order valence-electron chi connectivity index (χ3n) is 3.11. The van der Waals surface area contributed by atoms with Crippen LogP contribution < -0.4 is 5.73 Å². The predicted octanol–water partition coefficient (Wildman–Crippen LogP) is 0.0821. The molecule has 1 aliphatic rings. The molecule has 1 fully saturated rings. The van der Waals surface area contributed by atoms with E-state index < -0.39 is 37.5 Å². The molecule has 10 heteroatoms. The van der Waals surface area contributed by atoms with E-state index in [2.05, 4.69) is 0 Å². The van der Waals surface area contributed by atoms with Crippen LogP contribution in [0.4, 0.5) is 10.1 Å². The predicted molar refractivity (Wildman–Crippen MR) is 70.6 cm³/mol. The Hall–Kier alpha value is -1.62. The fourth-order valence-corrected chi connectivity index (χ4v) is 3.74. The number of nitrogens with zero attached hydrogens (tertiary/aromatic N) is 2. The summed E-state index contributed by atoms with van der Waals surface area (Å²) in [4.78, 5) is 9.09. The van der Waals surface area contributed by atoms with E-state index in [9.17, 15) is 22.9 Å². The van der Waals surface area contributed by atoms with E-state index >= 15 is 0 Å². The summed E-state index contributed by atoms with van der Waals surface area (Å²) in [6, 6.07) is 2.92. The Morgan fingerprint density at radius 2 is 2.24 bits per heavy atom. The van der Waals surface area contributed by atoms with Crippen LogP contribution in [0.3, 0.4) is 0 Å². The van der Waals surface area contributed by atoms with Crippen molar-refractivity contribution in [3.63, 3.8) is 0 Å². The Bertz CT molecular complexity index is 651. The van der Waals surface area contributed by atoms with Crippen LogP contribution in [-0.4, -0.2) is 50.0 Å². The lowest BCUT2D eigenvalue weighted by Gasteiger charge is -2.31. The number of ether oxygens (including phenoxy) is 1. The average Bonchev–Trinajstić information content (AvgIpc) is 2.46. The molecule has 1 aromatic carbocycles. The molecule has 2 rings (SSSR count). The van der Waals surface area contributed by atoms with E-state index in [-0.39, 0.29) is 26.2 Å². The quantitative estimate of drug-likeness (QED) is 0.621. The molecule has 0 aromatic heterocycles. The molecule has 21 heavy (non-hydrogen) atoms. The van der Waals surface area contributed by atoms with Gasteiger partial charge in [-0.3, -0.25) is 10.1 Å². The van der Waals surface area contributed by atoms with Crippen LogP contribution in [0.15, 0.2) is 23.1 Å². The van der Waals surface area contributed by atoms with Gasteiger partial charge in [0.2, 0.25) is 0 Å². The number of nitro groups is 1. The Morgan fingerprint density at radius 1 is 1.52 bits per heavy atom. The molecule has 1 heterocycles. The molecule has 0 aliphatic carbocycles. The number of sulfonamides is 1. The van der Waals surface area contributed by atoms with Crippen molar-refractivity contribution in [1.82, 2.24) is 4.31 Å². The Kier molecular flexibility index (Phi) is 4.52. The standard InChI is InChI=1S/C11H14FN3O5S/c12-9-2-1-3-10(15(16)17)11(9)21(18,19)14-4-5-20-8(6-13)7-14/h1-3,8H,4-7,13H2. The highest BCUT2D eigenvalue weighted by atomic mass is 32.2. The van der Waals surface area contributed by atoms with E-state index in [0.717, 1.165) is 22.5 Å². The van der Waals surface area contributed by atoms with Gasteiger partial charge in [-0.1, -0.05) is 6.07 Å². The summed E-state index contributed by atoms with van der Waals surface area (Å²) in [5.41, 5.74) is 4.64.